The summed E-state index contributed by atoms with van der Waals surface area (Å²) in [4.78, 5) is 41.1. The SMILES string of the molecule is CCN(Cc1ccccc1)C(=O)CN1C(=O)CN(C2CC2)C1=O. The number of carbonyl (C=O) groups excluding carboxylic acids is 3. The molecule has 1 aliphatic heterocycles. The van der Waals surface area contributed by atoms with Crippen LogP contribution in [0.1, 0.15) is 25.3 Å². The van der Waals surface area contributed by atoms with Crippen molar-refractivity contribution in [3.05, 3.63) is 35.9 Å². The molecule has 1 aliphatic carbocycles. The Morgan fingerprint density at radius 1 is 1.22 bits per heavy atom. The number of carbonyl (C=O) groups is 3. The van der Waals surface area contributed by atoms with Crippen LogP contribution in [0.15, 0.2) is 30.3 Å². The zero-order chi connectivity index (χ0) is 16.4. The van der Waals surface area contributed by atoms with Crippen molar-refractivity contribution in [1.29, 1.82) is 0 Å². The standard InChI is InChI=1S/C17H21N3O3/c1-2-18(10-13-6-4-3-5-7-13)15(21)11-20-16(22)12-19(17(20)23)14-8-9-14/h3-7,14H,2,8-12H2,1H3. The van der Waals surface area contributed by atoms with Gasteiger partial charge in [-0.3, -0.25) is 14.5 Å². The van der Waals surface area contributed by atoms with Gasteiger partial charge in [-0.1, -0.05) is 30.3 Å². The quantitative estimate of drug-likeness (QED) is 0.747. The maximum Gasteiger partial charge on any atom is 0.327 e. The number of benzene rings is 1. The van der Waals surface area contributed by atoms with Gasteiger partial charge in [0.25, 0.3) is 5.91 Å². The highest BCUT2D eigenvalue weighted by Crippen LogP contribution is 2.30. The maximum atomic E-state index is 12.5. The lowest BCUT2D eigenvalue weighted by Gasteiger charge is -2.23. The largest absolute Gasteiger partial charge is 0.337 e. The third-order valence-corrected chi connectivity index (χ3v) is 4.31. The molecule has 1 aromatic rings. The third-order valence-electron chi connectivity index (χ3n) is 4.31. The van der Waals surface area contributed by atoms with Crippen LogP contribution in [0.2, 0.25) is 0 Å². The summed E-state index contributed by atoms with van der Waals surface area (Å²) in [5.41, 5.74) is 1.03. The zero-order valence-corrected chi connectivity index (χ0v) is 13.3. The van der Waals surface area contributed by atoms with E-state index in [0.717, 1.165) is 23.3 Å². The van der Waals surface area contributed by atoms with E-state index in [-0.39, 0.29) is 37.0 Å². The Hall–Kier alpha value is -2.37. The highest BCUT2D eigenvalue weighted by Gasteiger charge is 2.44. The summed E-state index contributed by atoms with van der Waals surface area (Å²) in [6.45, 7) is 2.86. The van der Waals surface area contributed by atoms with E-state index in [9.17, 15) is 14.4 Å². The molecule has 4 amide bonds. The number of amides is 4. The van der Waals surface area contributed by atoms with Crippen molar-refractivity contribution in [2.24, 2.45) is 0 Å². The molecule has 6 nitrogen and oxygen atoms in total. The Morgan fingerprint density at radius 3 is 2.52 bits per heavy atom. The van der Waals surface area contributed by atoms with Gasteiger partial charge in [0.2, 0.25) is 5.91 Å². The highest BCUT2D eigenvalue weighted by atomic mass is 16.2. The van der Waals surface area contributed by atoms with Gasteiger partial charge in [0, 0.05) is 19.1 Å². The van der Waals surface area contributed by atoms with Crippen LogP contribution in [0.25, 0.3) is 0 Å². The first kappa shape index (κ1) is 15.5. The Kier molecular flexibility index (Phi) is 4.32. The molecule has 0 spiro atoms. The van der Waals surface area contributed by atoms with Gasteiger partial charge in [-0.25, -0.2) is 4.79 Å². The van der Waals surface area contributed by atoms with Crippen molar-refractivity contribution in [3.63, 3.8) is 0 Å². The lowest BCUT2D eigenvalue weighted by atomic mass is 10.2. The molecule has 0 unspecified atom stereocenters. The summed E-state index contributed by atoms with van der Waals surface area (Å²) < 4.78 is 0. The number of nitrogens with zero attached hydrogens (tertiary/aromatic N) is 3. The van der Waals surface area contributed by atoms with Crippen LogP contribution in [0.4, 0.5) is 4.79 Å². The average molecular weight is 315 g/mol. The van der Waals surface area contributed by atoms with E-state index in [4.69, 9.17) is 0 Å². The molecule has 0 radical (unpaired) electrons. The number of urea groups is 1. The molecule has 2 aliphatic rings. The number of hydrogen-bond donors (Lipinski definition) is 0. The molecule has 0 N–H and O–H groups in total. The van der Waals surface area contributed by atoms with Gasteiger partial charge in [0.15, 0.2) is 0 Å². The Bertz CT molecular complexity index is 613. The molecular formula is C17H21N3O3. The normalized spacial score (nSPS) is 17.8. The minimum atomic E-state index is -0.318. The van der Waals surface area contributed by atoms with Gasteiger partial charge in [0.05, 0.1) is 0 Å². The fourth-order valence-corrected chi connectivity index (χ4v) is 2.80. The van der Waals surface area contributed by atoms with E-state index >= 15 is 0 Å². The average Bonchev–Trinajstić information content (AvgIpc) is 3.36. The Balaban J connectivity index is 1.62. The molecule has 122 valence electrons. The van der Waals surface area contributed by atoms with Gasteiger partial charge in [0.1, 0.15) is 13.1 Å². The molecule has 1 heterocycles. The second-order valence-corrected chi connectivity index (χ2v) is 6.02. The van der Waals surface area contributed by atoms with Crippen LogP contribution in [0, 0.1) is 0 Å². The molecule has 0 aromatic heterocycles. The van der Waals surface area contributed by atoms with Crippen LogP contribution in [0.5, 0.6) is 0 Å². The van der Waals surface area contributed by atoms with Crippen LogP contribution in [-0.2, 0) is 16.1 Å². The first-order valence-electron chi connectivity index (χ1n) is 8.02. The number of rotatable bonds is 6. The predicted octanol–water partition coefficient (Wildman–Crippen LogP) is 1.46. The van der Waals surface area contributed by atoms with Gasteiger partial charge in [-0.2, -0.15) is 0 Å². The number of likely N-dealkylation sites (N-methyl/N-ethyl adjacent to an activating group) is 1. The summed E-state index contributed by atoms with van der Waals surface area (Å²) >= 11 is 0. The summed E-state index contributed by atoms with van der Waals surface area (Å²) in [6.07, 6.45) is 1.91. The molecule has 2 fully saturated rings. The van der Waals surface area contributed by atoms with Gasteiger partial charge >= 0.3 is 6.03 Å². The summed E-state index contributed by atoms with van der Waals surface area (Å²) in [7, 11) is 0. The molecule has 3 rings (SSSR count). The first-order chi connectivity index (χ1) is 11.1. The van der Waals surface area contributed by atoms with E-state index in [1.165, 1.54) is 0 Å². The molecule has 1 aromatic carbocycles. The minimum Gasteiger partial charge on any atom is -0.337 e. The first-order valence-corrected chi connectivity index (χ1v) is 8.02. The number of imide groups is 1. The maximum absolute atomic E-state index is 12.5. The lowest BCUT2D eigenvalue weighted by molar-refractivity contribution is -0.136. The molecule has 1 saturated carbocycles. The topological polar surface area (TPSA) is 60.9 Å². The fourth-order valence-electron chi connectivity index (χ4n) is 2.80. The molecular weight excluding hydrogens is 294 g/mol. The highest BCUT2D eigenvalue weighted by molar-refractivity contribution is 6.04. The molecule has 6 heteroatoms. The Labute approximate surface area is 135 Å². The van der Waals surface area contributed by atoms with Crippen LogP contribution in [0.3, 0.4) is 0 Å². The van der Waals surface area contributed by atoms with E-state index in [0.29, 0.717) is 13.1 Å². The zero-order valence-electron chi connectivity index (χ0n) is 13.3. The van der Waals surface area contributed by atoms with E-state index in [1.54, 1.807) is 9.80 Å². The van der Waals surface area contributed by atoms with Gasteiger partial charge < -0.3 is 9.80 Å². The summed E-state index contributed by atoms with van der Waals surface area (Å²) in [5.74, 6) is -0.471. The van der Waals surface area contributed by atoms with Crippen molar-refractivity contribution >= 4 is 17.8 Å². The second kappa shape index (κ2) is 6.40. The number of hydrogen-bond acceptors (Lipinski definition) is 3. The fraction of sp³-hybridized carbons (Fsp3) is 0.471. The van der Waals surface area contributed by atoms with Crippen LogP contribution >= 0.6 is 0 Å². The summed E-state index contributed by atoms with van der Waals surface area (Å²) in [6, 6.07) is 9.56. The smallest absolute Gasteiger partial charge is 0.327 e. The monoisotopic (exact) mass is 315 g/mol. The van der Waals surface area contributed by atoms with Gasteiger partial charge in [-0.05, 0) is 25.3 Å². The molecule has 1 saturated heterocycles. The summed E-state index contributed by atoms with van der Waals surface area (Å²) in [5, 5.41) is 0. The van der Waals surface area contributed by atoms with Crippen molar-refractivity contribution in [2.45, 2.75) is 32.4 Å². The van der Waals surface area contributed by atoms with E-state index in [1.807, 2.05) is 37.3 Å². The lowest BCUT2D eigenvalue weighted by Crippen LogP contribution is -2.43. The van der Waals surface area contributed by atoms with Crippen molar-refractivity contribution in [3.8, 4) is 0 Å². The second-order valence-electron chi connectivity index (χ2n) is 6.02. The van der Waals surface area contributed by atoms with Crippen molar-refractivity contribution in [2.75, 3.05) is 19.6 Å². The molecule has 0 atom stereocenters. The molecule has 0 bridgehead atoms. The van der Waals surface area contributed by atoms with Crippen molar-refractivity contribution < 1.29 is 14.4 Å². The van der Waals surface area contributed by atoms with E-state index in [2.05, 4.69) is 0 Å². The van der Waals surface area contributed by atoms with Crippen molar-refractivity contribution in [1.82, 2.24) is 14.7 Å². The van der Waals surface area contributed by atoms with Crippen LogP contribution in [-0.4, -0.2) is 58.2 Å². The minimum absolute atomic E-state index is 0.113. The third kappa shape index (κ3) is 3.36. The van der Waals surface area contributed by atoms with E-state index < -0.39 is 0 Å². The molecule has 23 heavy (non-hydrogen) atoms. The van der Waals surface area contributed by atoms with Crippen LogP contribution < -0.4 is 0 Å². The van der Waals surface area contributed by atoms with Gasteiger partial charge in [-0.15, -0.1) is 0 Å². The predicted molar refractivity (Wildman–Crippen MR) is 84.4 cm³/mol. The Morgan fingerprint density at radius 2 is 1.91 bits per heavy atom.